The lowest BCUT2D eigenvalue weighted by atomic mass is 10.3. The van der Waals surface area contributed by atoms with E-state index < -0.39 is 12.0 Å². The molecule has 0 saturated carbocycles. The van der Waals surface area contributed by atoms with Gasteiger partial charge in [0.1, 0.15) is 12.6 Å². The van der Waals surface area contributed by atoms with E-state index in [1.165, 1.54) is 4.68 Å². The Bertz CT molecular complexity index is 424. The molecule has 1 aromatic heterocycles. The second-order valence-corrected chi connectivity index (χ2v) is 4.69. The topological polar surface area (TPSA) is 73.2 Å². The fraction of sp³-hybridized carbons (Fsp3) is 0.500. The highest BCUT2D eigenvalue weighted by Crippen LogP contribution is 2.05. The molecule has 100 valence electrons. The summed E-state index contributed by atoms with van der Waals surface area (Å²) in [5.74, 6) is -0.617. The molecule has 1 atom stereocenters. The van der Waals surface area contributed by atoms with Crippen LogP contribution in [0.5, 0.6) is 0 Å². The van der Waals surface area contributed by atoms with Gasteiger partial charge in [0.25, 0.3) is 0 Å². The molecule has 0 aliphatic heterocycles. The smallest absolute Gasteiger partial charge is 0.329 e. The van der Waals surface area contributed by atoms with Crippen LogP contribution < -0.4 is 5.32 Å². The first-order chi connectivity index (χ1) is 8.56. The summed E-state index contributed by atoms with van der Waals surface area (Å²) in [6.07, 6.45) is 3.24. The number of aromatic nitrogens is 2. The van der Waals surface area contributed by atoms with Crippen molar-refractivity contribution >= 4 is 40.4 Å². The number of hydrogen-bond acceptors (Lipinski definition) is 5. The van der Waals surface area contributed by atoms with E-state index in [-0.39, 0.29) is 24.8 Å². The molecule has 6 nitrogen and oxygen atoms in total. The van der Waals surface area contributed by atoms with Crippen LogP contribution >= 0.6 is 28.6 Å². The second-order valence-electron chi connectivity index (χ2n) is 3.41. The molecule has 0 aromatic carbocycles. The van der Waals surface area contributed by atoms with Gasteiger partial charge in [-0.1, -0.05) is 0 Å². The SMILES string of the molecule is CCOC(=O)[C@H](CS)NC(=O)Cn1cc(Br)cn1. The van der Waals surface area contributed by atoms with Crippen LogP contribution in [0, 0.1) is 0 Å². The Kier molecular flexibility index (Phi) is 6.20. The molecular formula is C10H14BrN3O3S. The van der Waals surface area contributed by atoms with E-state index in [2.05, 4.69) is 39.0 Å². The number of nitrogens with one attached hydrogen (secondary N) is 1. The van der Waals surface area contributed by atoms with Gasteiger partial charge >= 0.3 is 5.97 Å². The first kappa shape index (κ1) is 15.0. The standard InChI is InChI=1S/C10H14BrN3O3S/c1-2-17-10(16)8(6-18)13-9(15)5-14-4-7(11)3-12-14/h3-4,8,18H,2,5-6H2,1H3,(H,13,15)/t8-/m0/s1. The maximum absolute atomic E-state index is 11.7. The average molecular weight is 336 g/mol. The van der Waals surface area contributed by atoms with Gasteiger partial charge in [0.15, 0.2) is 0 Å². The number of nitrogens with zero attached hydrogens (tertiary/aromatic N) is 2. The Labute approximate surface area is 119 Å². The zero-order chi connectivity index (χ0) is 13.5. The number of halogens is 1. The van der Waals surface area contributed by atoms with Gasteiger partial charge in [-0.15, -0.1) is 0 Å². The van der Waals surface area contributed by atoms with E-state index in [9.17, 15) is 9.59 Å². The minimum Gasteiger partial charge on any atom is -0.464 e. The molecule has 1 aromatic rings. The van der Waals surface area contributed by atoms with Crippen molar-refractivity contribution in [2.75, 3.05) is 12.4 Å². The van der Waals surface area contributed by atoms with Crippen molar-refractivity contribution in [1.82, 2.24) is 15.1 Å². The highest BCUT2D eigenvalue weighted by molar-refractivity contribution is 9.10. The Balaban J connectivity index is 2.49. The first-order valence-corrected chi connectivity index (χ1v) is 6.74. The molecule has 1 amide bonds. The number of rotatable bonds is 6. The molecule has 1 N–H and O–H groups in total. The summed E-state index contributed by atoms with van der Waals surface area (Å²) in [6, 6.07) is -0.736. The van der Waals surface area contributed by atoms with Gasteiger partial charge in [0.05, 0.1) is 17.3 Å². The molecule has 1 heterocycles. The van der Waals surface area contributed by atoms with E-state index in [0.717, 1.165) is 4.47 Å². The summed E-state index contributed by atoms with van der Waals surface area (Å²) < 4.78 is 7.06. The summed E-state index contributed by atoms with van der Waals surface area (Å²) >= 11 is 7.24. The van der Waals surface area contributed by atoms with Gasteiger partial charge in [-0.25, -0.2) is 4.79 Å². The highest BCUT2D eigenvalue weighted by atomic mass is 79.9. The Hall–Kier alpha value is -1.02. The third kappa shape index (κ3) is 4.69. The summed E-state index contributed by atoms with van der Waals surface area (Å²) in [6.45, 7) is 2.01. The molecule has 18 heavy (non-hydrogen) atoms. The van der Waals surface area contributed by atoms with Crippen LogP contribution in [0.1, 0.15) is 6.92 Å². The minimum absolute atomic E-state index is 0.0370. The maximum Gasteiger partial charge on any atom is 0.329 e. The van der Waals surface area contributed by atoms with Crippen molar-refractivity contribution in [3.8, 4) is 0 Å². The zero-order valence-electron chi connectivity index (χ0n) is 9.80. The molecule has 0 spiro atoms. The number of carbonyl (C=O) groups is 2. The number of amides is 1. The van der Waals surface area contributed by atoms with Gasteiger partial charge in [-0.2, -0.15) is 17.7 Å². The Morgan fingerprint density at radius 2 is 2.39 bits per heavy atom. The molecule has 0 aliphatic carbocycles. The van der Waals surface area contributed by atoms with E-state index in [0.29, 0.717) is 0 Å². The molecule has 0 aliphatic rings. The number of esters is 1. The van der Waals surface area contributed by atoms with Crippen LogP contribution in [-0.2, 0) is 20.9 Å². The summed E-state index contributed by atoms with van der Waals surface area (Å²) in [5.41, 5.74) is 0. The van der Waals surface area contributed by atoms with Gasteiger partial charge in [0.2, 0.25) is 5.91 Å². The van der Waals surface area contributed by atoms with Crippen LogP contribution in [0.15, 0.2) is 16.9 Å². The van der Waals surface area contributed by atoms with Gasteiger partial charge in [0, 0.05) is 11.9 Å². The monoisotopic (exact) mass is 335 g/mol. The molecule has 0 saturated heterocycles. The first-order valence-electron chi connectivity index (χ1n) is 5.31. The van der Waals surface area contributed by atoms with Crippen molar-refractivity contribution in [1.29, 1.82) is 0 Å². The van der Waals surface area contributed by atoms with Crippen molar-refractivity contribution in [2.45, 2.75) is 19.5 Å². The van der Waals surface area contributed by atoms with E-state index in [4.69, 9.17) is 4.74 Å². The molecule has 0 unspecified atom stereocenters. The number of ether oxygens (including phenoxy) is 1. The summed E-state index contributed by atoms with van der Waals surface area (Å²) in [7, 11) is 0. The highest BCUT2D eigenvalue weighted by Gasteiger charge is 2.20. The maximum atomic E-state index is 11.7. The summed E-state index contributed by atoms with van der Waals surface area (Å²) in [4.78, 5) is 23.1. The lowest BCUT2D eigenvalue weighted by molar-refractivity contribution is -0.146. The van der Waals surface area contributed by atoms with E-state index >= 15 is 0 Å². The predicted molar refractivity (Wildman–Crippen MR) is 72.3 cm³/mol. The number of thiol groups is 1. The molecule has 1 rings (SSSR count). The van der Waals surface area contributed by atoms with Crippen LogP contribution in [-0.4, -0.2) is 40.1 Å². The van der Waals surface area contributed by atoms with Gasteiger partial charge < -0.3 is 10.1 Å². The fourth-order valence-electron chi connectivity index (χ4n) is 1.23. The van der Waals surface area contributed by atoms with Crippen LogP contribution in [0.2, 0.25) is 0 Å². The van der Waals surface area contributed by atoms with Crippen molar-refractivity contribution in [3.05, 3.63) is 16.9 Å². The largest absolute Gasteiger partial charge is 0.464 e. The number of hydrogen-bond donors (Lipinski definition) is 2. The lowest BCUT2D eigenvalue weighted by Crippen LogP contribution is -2.44. The molecule has 0 fully saturated rings. The molecule has 0 radical (unpaired) electrons. The zero-order valence-corrected chi connectivity index (χ0v) is 12.3. The van der Waals surface area contributed by atoms with Gasteiger partial charge in [-0.05, 0) is 22.9 Å². The van der Waals surface area contributed by atoms with Crippen LogP contribution in [0.4, 0.5) is 0 Å². The van der Waals surface area contributed by atoms with Crippen molar-refractivity contribution < 1.29 is 14.3 Å². The second kappa shape index (κ2) is 7.42. The molecule has 0 bridgehead atoms. The van der Waals surface area contributed by atoms with E-state index in [1.54, 1.807) is 19.3 Å². The lowest BCUT2D eigenvalue weighted by Gasteiger charge is -2.14. The minimum atomic E-state index is -0.736. The normalized spacial score (nSPS) is 11.9. The Morgan fingerprint density at radius 1 is 1.67 bits per heavy atom. The van der Waals surface area contributed by atoms with Crippen molar-refractivity contribution in [3.63, 3.8) is 0 Å². The molecular weight excluding hydrogens is 322 g/mol. The third-order valence-electron chi connectivity index (χ3n) is 2.00. The molecule has 8 heteroatoms. The average Bonchev–Trinajstić information content (AvgIpc) is 2.71. The predicted octanol–water partition coefficient (Wildman–Crippen LogP) is 0.623. The quantitative estimate of drug-likeness (QED) is 0.590. The number of carbonyl (C=O) groups excluding carboxylic acids is 2. The van der Waals surface area contributed by atoms with E-state index in [1.807, 2.05) is 0 Å². The third-order valence-corrected chi connectivity index (χ3v) is 2.77. The van der Waals surface area contributed by atoms with Gasteiger partial charge in [-0.3, -0.25) is 9.48 Å². The summed E-state index contributed by atoms with van der Waals surface area (Å²) in [5, 5.41) is 6.49. The van der Waals surface area contributed by atoms with Crippen LogP contribution in [0.25, 0.3) is 0 Å². The van der Waals surface area contributed by atoms with Crippen LogP contribution in [0.3, 0.4) is 0 Å². The Morgan fingerprint density at radius 3 is 2.89 bits per heavy atom. The fourth-order valence-corrected chi connectivity index (χ4v) is 1.80. The van der Waals surface area contributed by atoms with Crippen molar-refractivity contribution in [2.24, 2.45) is 0 Å².